The minimum Gasteiger partial charge on any atom is -0.480 e. The number of carbonyl (C=O) groups is 2. The summed E-state index contributed by atoms with van der Waals surface area (Å²) in [6.45, 7) is 4.52. The largest absolute Gasteiger partial charge is 0.480 e. The molecule has 0 radical (unpaired) electrons. The van der Waals surface area contributed by atoms with Crippen molar-refractivity contribution in [3.63, 3.8) is 0 Å². The molecule has 2 heterocycles. The lowest BCUT2D eigenvalue weighted by atomic mass is 9.95. The number of benzene rings is 2. The number of pyridine rings is 2. The Kier molecular flexibility index (Phi) is 9.74. The van der Waals surface area contributed by atoms with E-state index in [9.17, 15) is 32.7 Å². The van der Waals surface area contributed by atoms with E-state index in [-0.39, 0.29) is 29.7 Å². The van der Waals surface area contributed by atoms with Crippen LogP contribution in [0.25, 0.3) is 22.0 Å². The summed E-state index contributed by atoms with van der Waals surface area (Å²) in [4.78, 5) is 45.2. The predicted octanol–water partition coefficient (Wildman–Crippen LogP) is 5.60. The van der Waals surface area contributed by atoms with Crippen LogP contribution in [0.2, 0.25) is 0 Å². The molecule has 4 rings (SSSR count). The number of carbonyl (C=O) groups excluding carboxylic acids is 1. The fourth-order valence-corrected chi connectivity index (χ4v) is 5.46. The van der Waals surface area contributed by atoms with Gasteiger partial charge in [0, 0.05) is 56.1 Å². The first-order chi connectivity index (χ1) is 21.5. The monoisotopic (exact) mass is 641 g/mol. The average Bonchev–Trinajstić information content (AvgIpc) is 2.97. The van der Waals surface area contributed by atoms with Gasteiger partial charge in [0.2, 0.25) is 0 Å². The molecule has 9 nitrogen and oxygen atoms in total. The third kappa shape index (κ3) is 6.82. The molecule has 0 aliphatic carbocycles. The zero-order valence-electron chi connectivity index (χ0n) is 26.2. The van der Waals surface area contributed by atoms with Gasteiger partial charge in [0.05, 0.1) is 22.3 Å². The third-order valence-corrected chi connectivity index (χ3v) is 8.01. The molecule has 0 fully saturated rings. The van der Waals surface area contributed by atoms with E-state index >= 15 is 4.39 Å². The molecule has 3 N–H and O–H groups in total. The topological polar surface area (TPSA) is 117 Å². The van der Waals surface area contributed by atoms with Gasteiger partial charge < -0.3 is 25.2 Å². The van der Waals surface area contributed by atoms with Crippen LogP contribution in [0.1, 0.15) is 40.5 Å². The van der Waals surface area contributed by atoms with E-state index in [1.54, 1.807) is 48.1 Å². The lowest BCUT2D eigenvalue weighted by Gasteiger charge is -2.22. The Bertz CT molecular complexity index is 1850. The van der Waals surface area contributed by atoms with Crippen molar-refractivity contribution in [2.24, 2.45) is 7.05 Å². The summed E-state index contributed by atoms with van der Waals surface area (Å²) in [6.07, 6.45) is -3.51. The summed E-state index contributed by atoms with van der Waals surface area (Å²) in [7, 11) is 5.41. The van der Waals surface area contributed by atoms with Crippen LogP contribution in [0.3, 0.4) is 0 Å². The van der Waals surface area contributed by atoms with Crippen molar-refractivity contribution < 1.29 is 32.3 Å². The standard InChI is InChI=1S/C33H35F4N5O4/c1-7-27(33(35,36)37)39-20-13-17(2)28(24(34)15-20)30(43)40-25(32(45)46)14-19-10-11-22(29-21(19)9-8-12-38-29)23-16-26(41(4)5)18(3)42(6)31(23)44/h8-13,15-16,25,27,39H,7,14H2,1-6H3,(H,40,43)(H,45,46)/t25-,27+/m0/s1. The molecule has 0 saturated heterocycles. The van der Waals surface area contributed by atoms with Gasteiger partial charge in [-0.3, -0.25) is 14.6 Å². The number of hydrogen-bond donors (Lipinski definition) is 3. The molecule has 244 valence electrons. The molecular weight excluding hydrogens is 606 g/mol. The Balaban J connectivity index is 1.67. The molecule has 0 aliphatic rings. The van der Waals surface area contributed by atoms with Crippen molar-refractivity contribution in [3.05, 3.63) is 87.2 Å². The lowest BCUT2D eigenvalue weighted by Crippen LogP contribution is -2.43. The zero-order valence-corrected chi connectivity index (χ0v) is 26.2. The van der Waals surface area contributed by atoms with E-state index in [0.29, 0.717) is 27.6 Å². The third-order valence-electron chi connectivity index (χ3n) is 8.01. The van der Waals surface area contributed by atoms with E-state index in [1.165, 1.54) is 19.9 Å². The van der Waals surface area contributed by atoms with Gasteiger partial charge in [-0.05, 0) is 55.7 Å². The van der Waals surface area contributed by atoms with Crippen LogP contribution in [0.4, 0.5) is 28.9 Å². The molecule has 0 unspecified atom stereocenters. The Hall–Kier alpha value is -4.94. The van der Waals surface area contributed by atoms with Crippen molar-refractivity contribution in [1.82, 2.24) is 14.9 Å². The molecule has 0 saturated carbocycles. The predicted molar refractivity (Wildman–Crippen MR) is 169 cm³/mol. The molecule has 13 heteroatoms. The maximum Gasteiger partial charge on any atom is 0.408 e. The number of nitrogens with zero attached hydrogens (tertiary/aromatic N) is 3. The SMILES string of the molecule is CC[C@@H](Nc1cc(C)c(C(=O)N[C@@H](Cc2ccc(-c3cc(N(C)C)c(C)n(C)c3=O)c3ncccc23)C(=O)O)c(F)c1)C(F)(F)F. The Labute approximate surface area is 262 Å². The number of anilines is 2. The number of hydrogen-bond acceptors (Lipinski definition) is 6. The molecule has 0 aliphatic heterocycles. The van der Waals surface area contributed by atoms with Crippen molar-refractivity contribution in [3.8, 4) is 11.1 Å². The Morgan fingerprint density at radius 1 is 1.09 bits per heavy atom. The van der Waals surface area contributed by atoms with Gasteiger partial charge in [-0.15, -0.1) is 0 Å². The summed E-state index contributed by atoms with van der Waals surface area (Å²) in [5, 5.41) is 15.2. The molecule has 46 heavy (non-hydrogen) atoms. The van der Waals surface area contributed by atoms with E-state index in [0.717, 1.165) is 17.4 Å². The van der Waals surface area contributed by atoms with Gasteiger partial charge in [0.1, 0.15) is 17.9 Å². The van der Waals surface area contributed by atoms with E-state index in [1.807, 2.05) is 25.9 Å². The fraction of sp³-hybridized carbons (Fsp3) is 0.333. The number of fused-ring (bicyclic) bond motifs is 1. The second kappa shape index (κ2) is 13.2. The minimum atomic E-state index is -4.56. The van der Waals surface area contributed by atoms with Crippen LogP contribution in [-0.4, -0.2) is 58.9 Å². The number of aliphatic carboxylic acids is 1. The molecule has 2 atom stereocenters. The average molecular weight is 642 g/mol. The Morgan fingerprint density at radius 2 is 1.78 bits per heavy atom. The van der Waals surface area contributed by atoms with Gasteiger partial charge in [0.15, 0.2) is 0 Å². The first kappa shape index (κ1) is 33.9. The molecular formula is C33H35F4N5O4. The van der Waals surface area contributed by atoms with E-state index < -0.39 is 41.5 Å². The zero-order chi connectivity index (χ0) is 34.1. The summed E-state index contributed by atoms with van der Waals surface area (Å²) in [5.41, 5.74) is 2.66. The molecule has 0 bridgehead atoms. The van der Waals surface area contributed by atoms with Crippen molar-refractivity contribution in [2.75, 3.05) is 24.3 Å². The number of rotatable bonds is 10. The Morgan fingerprint density at radius 3 is 2.37 bits per heavy atom. The smallest absolute Gasteiger partial charge is 0.408 e. The first-order valence-electron chi connectivity index (χ1n) is 14.5. The number of nitrogens with one attached hydrogen (secondary N) is 2. The number of amides is 1. The highest BCUT2D eigenvalue weighted by Crippen LogP contribution is 2.32. The number of carboxylic acids is 1. The van der Waals surface area contributed by atoms with E-state index in [4.69, 9.17) is 0 Å². The molecule has 2 aromatic carbocycles. The highest BCUT2D eigenvalue weighted by Gasteiger charge is 2.38. The molecule has 2 aromatic heterocycles. The van der Waals surface area contributed by atoms with Crippen LogP contribution in [0.15, 0.2) is 53.5 Å². The first-order valence-corrected chi connectivity index (χ1v) is 14.5. The highest BCUT2D eigenvalue weighted by atomic mass is 19.4. The van der Waals surface area contributed by atoms with Gasteiger partial charge in [-0.1, -0.05) is 25.1 Å². The van der Waals surface area contributed by atoms with E-state index in [2.05, 4.69) is 15.6 Å². The van der Waals surface area contributed by atoms with Crippen LogP contribution in [-0.2, 0) is 18.3 Å². The number of carboxylic acid groups (broad SMARTS) is 1. The number of alkyl halides is 3. The summed E-state index contributed by atoms with van der Waals surface area (Å²) in [6, 6.07) is 7.08. The van der Waals surface area contributed by atoms with Crippen LogP contribution in [0, 0.1) is 19.7 Å². The second-order valence-electron chi connectivity index (χ2n) is 11.3. The fourth-order valence-electron chi connectivity index (χ4n) is 5.46. The highest BCUT2D eigenvalue weighted by molar-refractivity contribution is 5.99. The van der Waals surface area contributed by atoms with Crippen LogP contribution in [0.5, 0.6) is 0 Å². The summed E-state index contributed by atoms with van der Waals surface area (Å²) >= 11 is 0. The summed E-state index contributed by atoms with van der Waals surface area (Å²) in [5.74, 6) is -3.52. The normalized spacial score (nSPS) is 12.9. The minimum absolute atomic E-state index is 0.0249. The maximum absolute atomic E-state index is 15.1. The number of aromatic nitrogens is 2. The van der Waals surface area contributed by atoms with Crippen LogP contribution >= 0.6 is 0 Å². The van der Waals surface area contributed by atoms with Crippen LogP contribution < -0.4 is 21.1 Å². The van der Waals surface area contributed by atoms with Crippen molar-refractivity contribution in [2.45, 2.75) is 51.9 Å². The second-order valence-corrected chi connectivity index (χ2v) is 11.3. The van der Waals surface area contributed by atoms with Gasteiger partial charge in [-0.25, -0.2) is 9.18 Å². The van der Waals surface area contributed by atoms with Gasteiger partial charge in [-0.2, -0.15) is 13.2 Å². The summed E-state index contributed by atoms with van der Waals surface area (Å²) < 4.78 is 56.3. The number of halogens is 4. The molecule has 4 aromatic rings. The van der Waals surface area contributed by atoms with Gasteiger partial charge in [0.25, 0.3) is 11.5 Å². The number of aryl methyl sites for hydroxylation is 1. The molecule has 0 spiro atoms. The van der Waals surface area contributed by atoms with Gasteiger partial charge >= 0.3 is 12.1 Å². The maximum atomic E-state index is 15.1. The quantitative estimate of drug-likeness (QED) is 0.193. The van der Waals surface area contributed by atoms with Crippen molar-refractivity contribution >= 4 is 34.2 Å². The molecule has 1 amide bonds. The van der Waals surface area contributed by atoms with Crippen molar-refractivity contribution in [1.29, 1.82) is 0 Å². The lowest BCUT2D eigenvalue weighted by molar-refractivity contribution is -0.143.